The first-order valence-corrected chi connectivity index (χ1v) is 10.6. The highest BCUT2D eigenvalue weighted by Gasteiger charge is 2.23. The summed E-state index contributed by atoms with van der Waals surface area (Å²) in [4.78, 5) is 28.4. The monoisotopic (exact) mass is 395 g/mol. The van der Waals surface area contributed by atoms with Crippen LogP contribution in [0.2, 0.25) is 0 Å². The molecule has 154 valence electrons. The quantitative estimate of drug-likeness (QED) is 0.692. The minimum Gasteiger partial charge on any atom is -0.354 e. The standard InChI is InChI=1S/C21H29N7O/c29-18-17(11-5-6-12-22-18)24-20-25-19(23-15-16-9-3-1-4-10-16)26-21(27-20)28-13-7-2-8-14-28/h1,3-4,9-10,17H,2,5-8,11-15H2,(H,22,29)(H2,23,24,25,26,27). The molecule has 2 aromatic rings. The van der Waals surface area contributed by atoms with Gasteiger partial charge in [0.25, 0.3) is 0 Å². The van der Waals surface area contributed by atoms with Crippen LogP contribution in [0.4, 0.5) is 17.8 Å². The van der Waals surface area contributed by atoms with Crippen LogP contribution in [0, 0.1) is 0 Å². The molecule has 4 rings (SSSR count). The number of nitrogens with one attached hydrogen (secondary N) is 3. The van der Waals surface area contributed by atoms with E-state index in [2.05, 4.69) is 47.9 Å². The Labute approximate surface area is 171 Å². The van der Waals surface area contributed by atoms with Crippen LogP contribution in [-0.2, 0) is 11.3 Å². The number of nitrogens with zero attached hydrogens (tertiary/aromatic N) is 4. The van der Waals surface area contributed by atoms with Gasteiger partial charge in [-0.3, -0.25) is 4.79 Å². The average Bonchev–Trinajstić information content (AvgIpc) is 2.97. The van der Waals surface area contributed by atoms with Gasteiger partial charge in [0.2, 0.25) is 23.8 Å². The lowest BCUT2D eigenvalue weighted by Crippen LogP contribution is -2.38. The predicted octanol–water partition coefficient (Wildman–Crippen LogP) is 2.55. The van der Waals surface area contributed by atoms with Crippen molar-refractivity contribution in [3.63, 3.8) is 0 Å². The molecule has 2 saturated heterocycles. The third-order valence-corrected chi connectivity index (χ3v) is 5.39. The van der Waals surface area contributed by atoms with Crippen LogP contribution >= 0.6 is 0 Å². The van der Waals surface area contributed by atoms with E-state index in [-0.39, 0.29) is 11.9 Å². The van der Waals surface area contributed by atoms with E-state index in [4.69, 9.17) is 0 Å². The molecule has 2 fully saturated rings. The van der Waals surface area contributed by atoms with E-state index in [1.165, 1.54) is 6.42 Å². The number of benzene rings is 1. The van der Waals surface area contributed by atoms with Crippen LogP contribution in [0.1, 0.15) is 44.1 Å². The maximum Gasteiger partial charge on any atom is 0.242 e. The first-order valence-electron chi connectivity index (χ1n) is 10.6. The average molecular weight is 396 g/mol. The summed E-state index contributed by atoms with van der Waals surface area (Å²) in [5.41, 5.74) is 1.16. The summed E-state index contributed by atoms with van der Waals surface area (Å²) in [6.07, 6.45) is 6.32. The van der Waals surface area contributed by atoms with Crippen molar-refractivity contribution in [3.8, 4) is 0 Å². The maximum absolute atomic E-state index is 12.3. The lowest BCUT2D eigenvalue weighted by atomic mass is 10.1. The Balaban J connectivity index is 1.54. The van der Waals surface area contributed by atoms with Gasteiger partial charge < -0.3 is 20.9 Å². The number of amides is 1. The van der Waals surface area contributed by atoms with Gasteiger partial charge in [0.1, 0.15) is 6.04 Å². The van der Waals surface area contributed by atoms with E-state index < -0.39 is 0 Å². The first-order chi connectivity index (χ1) is 14.3. The SMILES string of the molecule is O=C1NCCCCC1Nc1nc(NCc2ccccc2)nc(N2CCCCC2)n1. The number of piperidine rings is 1. The molecule has 1 aromatic carbocycles. The lowest BCUT2D eigenvalue weighted by Gasteiger charge is -2.27. The van der Waals surface area contributed by atoms with Gasteiger partial charge in [-0.25, -0.2) is 0 Å². The second kappa shape index (κ2) is 9.54. The van der Waals surface area contributed by atoms with Crippen molar-refractivity contribution in [2.24, 2.45) is 0 Å². The lowest BCUT2D eigenvalue weighted by molar-refractivity contribution is -0.121. The van der Waals surface area contributed by atoms with E-state index in [1.807, 2.05) is 18.2 Å². The molecule has 0 spiro atoms. The zero-order valence-corrected chi connectivity index (χ0v) is 16.7. The van der Waals surface area contributed by atoms with Gasteiger partial charge in [0, 0.05) is 26.2 Å². The van der Waals surface area contributed by atoms with Crippen molar-refractivity contribution in [1.29, 1.82) is 0 Å². The summed E-state index contributed by atoms with van der Waals surface area (Å²) in [6.45, 7) is 3.27. The number of hydrogen-bond acceptors (Lipinski definition) is 7. The number of aromatic nitrogens is 3. The van der Waals surface area contributed by atoms with Crippen LogP contribution in [0.5, 0.6) is 0 Å². The molecule has 3 heterocycles. The first kappa shape index (κ1) is 19.4. The van der Waals surface area contributed by atoms with Gasteiger partial charge in [-0.15, -0.1) is 0 Å². The largest absolute Gasteiger partial charge is 0.354 e. The summed E-state index contributed by atoms with van der Waals surface area (Å²) in [7, 11) is 0. The van der Waals surface area contributed by atoms with Gasteiger partial charge in [0.15, 0.2) is 0 Å². The van der Waals surface area contributed by atoms with Gasteiger partial charge in [-0.2, -0.15) is 15.0 Å². The Morgan fingerprint density at radius 1 is 0.966 bits per heavy atom. The molecule has 3 N–H and O–H groups in total. The summed E-state index contributed by atoms with van der Waals surface area (Å²) in [5.74, 6) is 1.67. The number of carbonyl (C=O) groups excluding carboxylic acids is 1. The molecular weight excluding hydrogens is 366 g/mol. The second-order valence-electron chi connectivity index (χ2n) is 7.65. The molecule has 2 aliphatic heterocycles. The molecule has 1 unspecified atom stereocenters. The van der Waals surface area contributed by atoms with Crippen LogP contribution in [0.15, 0.2) is 30.3 Å². The van der Waals surface area contributed by atoms with Crippen molar-refractivity contribution in [2.45, 2.75) is 51.1 Å². The molecule has 0 radical (unpaired) electrons. The normalized spacial score (nSPS) is 19.9. The number of rotatable bonds is 6. The van der Waals surface area contributed by atoms with E-state index >= 15 is 0 Å². The van der Waals surface area contributed by atoms with E-state index in [1.54, 1.807) is 0 Å². The number of anilines is 3. The van der Waals surface area contributed by atoms with E-state index in [0.29, 0.717) is 24.4 Å². The topological polar surface area (TPSA) is 95.1 Å². The van der Waals surface area contributed by atoms with Crippen molar-refractivity contribution >= 4 is 23.8 Å². The van der Waals surface area contributed by atoms with Crippen LogP contribution in [0.25, 0.3) is 0 Å². The fourth-order valence-corrected chi connectivity index (χ4v) is 3.75. The zero-order chi connectivity index (χ0) is 19.9. The highest BCUT2D eigenvalue weighted by molar-refractivity contribution is 5.84. The Kier molecular flexibility index (Phi) is 6.38. The number of hydrogen-bond donors (Lipinski definition) is 3. The van der Waals surface area contributed by atoms with Gasteiger partial charge in [-0.05, 0) is 44.1 Å². The molecular formula is C21H29N7O. The Morgan fingerprint density at radius 2 is 1.76 bits per heavy atom. The predicted molar refractivity (Wildman–Crippen MR) is 114 cm³/mol. The molecule has 1 aromatic heterocycles. The Hall–Kier alpha value is -2.90. The fourth-order valence-electron chi connectivity index (χ4n) is 3.75. The molecule has 29 heavy (non-hydrogen) atoms. The smallest absolute Gasteiger partial charge is 0.242 e. The third-order valence-electron chi connectivity index (χ3n) is 5.39. The zero-order valence-electron chi connectivity index (χ0n) is 16.7. The second-order valence-corrected chi connectivity index (χ2v) is 7.65. The minimum atomic E-state index is -0.309. The molecule has 8 nitrogen and oxygen atoms in total. The van der Waals surface area contributed by atoms with Crippen molar-refractivity contribution < 1.29 is 4.79 Å². The van der Waals surface area contributed by atoms with Gasteiger partial charge >= 0.3 is 0 Å². The molecule has 0 aliphatic carbocycles. The van der Waals surface area contributed by atoms with E-state index in [0.717, 1.165) is 57.3 Å². The van der Waals surface area contributed by atoms with Crippen molar-refractivity contribution in [3.05, 3.63) is 35.9 Å². The van der Waals surface area contributed by atoms with E-state index in [9.17, 15) is 4.79 Å². The summed E-state index contributed by atoms with van der Waals surface area (Å²) in [5, 5.41) is 9.52. The molecule has 0 saturated carbocycles. The van der Waals surface area contributed by atoms with Gasteiger partial charge in [-0.1, -0.05) is 30.3 Å². The minimum absolute atomic E-state index is 0.0150. The highest BCUT2D eigenvalue weighted by atomic mass is 16.2. The summed E-state index contributed by atoms with van der Waals surface area (Å²) >= 11 is 0. The fraction of sp³-hybridized carbons (Fsp3) is 0.524. The Bertz CT molecular complexity index is 808. The highest BCUT2D eigenvalue weighted by Crippen LogP contribution is 2.20. The molecule has 1 amide bonds. The van der Waals surface area contributed by atoms with Crippen LogP contribution in [-0.4, -0.2) is 46.5 Å². The van der Waals surface area contributed by atoms with Crippen LogP contribution < -0.4 is 20.9 Å². The maximum atomic E-state index is 12.3. The molecule has 8 heteroatoms. The van der Waals surface area contributed by atoms with Gasteiger partial charge in [0.05, 0.1) is 0 Å². The Morgan fingerprint density at radius 3 is 2.59 bits per heavy atom. The van der Waals surface area contributed by atoms with Crippen molar-refractivity contribution in [2.75, 3.05) is 35.2 Å². The van der Waals surface area contributed by atoms with Crippen LogP contribution in [0.3, 0.4) is 0 Å². The molecule has 0 bridgehead atoms. The molecule has 1 atom stereocenters. The summed E-state index contributed by atoms with van der Waals surface area (Å²) < 4.78 is 0. The third kappa shape index (κ3) is 5.34. The van der Waals surface area contributed by atoms with Crippen molar-refractivity contribution in [1.82, 2.24) is 20.3 Å². The number of carbonyl (C=O) groups is 1. The summed E-state index contributed by atoms with van der Waals surface area (Å²) in [6, 6.07) is 9.85. The molecule has 2 aliphatic rings.